The van der Waals surface area contributed by atoms with E-state index in [1.54, 1.807) is 24.5 Å². The molecule has 0 radical (unpaired) electrons. The minimum Gasteiger partial charge on any atom is -0.378 e. The highest BCUT2D eigenvalue weighted by Crippen LogP contribution is 2.35. The zero-order chi connectivity index (χ0) is 26.3. The SMILES string of the molecule is NCCCN(Cc1cccc(-c2ccc(N3CCOCC3)c(NC(=O)C3CC3)c2)c1)C(=O)c1cccnc1. The highest BCUT2D eigenvalue weighted by atomic mass is 16.5. The number of nitrogens with zero attached hydrogens (tertiary/aromatic N) is 3. The Balaban J connectivity index is 1.40. The van der Waals surface area contributed by atoms with Crippen LogP contribution in [0.15, 0.2) is 67.0 Å². The molecule has 198 valence electrons. The molecular weight excluding hydrogens is 478 g/mol. The summed E-state index contributed by atoms with van der Waals surface area (Å²) in [6.45, 7) is 4.51. The summed E-state index contributed by atoms with van der Waals surface area (Å²) in [6, 6.07) is 18.0. The number of amides is 2. The van der Waals surface area contributed by atoms with E-state index in [-0.39, 0.29) is 17.7 Å². The van der Waals surface area contributed by atoms with Crippen molar-refractivity contribution in [3.8, 4) is 11.1 Å². The first-order valence-corrected chi connectivity index (χ1v) is 13.4. The zero-order valence-electron chi connectivity index (χ0n) is 21.6. The third-order valence-electron chi connectivity index (χ3n) is 7.02. The number of hydrogen-bond donors (Lipinski definition) is 2. The summed E-state index contributed by atoms with van der Waals surface area (Å²) in [5.41, 5.74) is 11.3. The van der Waals surface area contributed by atoms with Crippen LogP contribution in [-0.4, -0.2) is 61.1 Å². The molecule has 1 aliphatic carbocycles. The number of pyridine rings is 1. The maximum absolute atomic E-state index is 13.2. The van der Waals surface area contributed by atoms with Crippen LogP contribution < -0.4 is 16.0 Å². The molecular formula is C30H35N5O3. The van der Waals surface area contributed by atoms with Crippen LogP contribution in [-0.2, 0) is 16.1 Å². The zero-order valence-corrected chi connectivity index (χ0v) is 21.6. The Morgan fingerprint density at radius 2 is 1.87 bits per heavy atom. The molecule has 1 aliphatic heterocycles. The van der Waals surface area contributed by atoms with Gasteiger partial charge in [0.2, 0.25) is 5.91 Å². The Morgan fingerprint density at radius 3 is 2.61 bits per heavy atom. The molecule has 0 unspecified atom stereocenters. The van der Waals surface area contributed by atoms with Gasteiger partial charge in [0.15, 0.2) is 0 Å². The second kappa shape index (κ2) is 12.2. The van der Waals surface area contributed by atoms with Crippen LogP contribution in [0.25, 0.3) is 11.1 Å². The molecule has 8 nitrogen and oxygen atoms in total. The van der Waals surface area contributed by atoms with Crippen LogP contribution in [0.5, 0.6) is 0 Å². The smallest absolute Gasteiger partial charge is 0.255 e. The van der Waals surface area contributed by atoms with Crippen LogP contribution in [0.3, 0.4) is 0 Å². The summed E-state index contributed by atoms with van der Waals surface area (Å²) >= 11 is 0. The predicted octanol–water partition coefficient (Wildman–Crippen LogP) is 3.92. The number of ether oxygens (including phenoxy) is 1. The van der Waals surface area contributed by atoms with Crippen molar-refractivity contribution in [2.45, 2.75) is 25.8 Å². The van der Waals surface area contributed by atoms with Crippen molar-refractivity contribution in [2.24, 2.45) is 11.7 Å². The van der Waals surface area contributed by atoms with Crippen molar-refractivity contribution in [2.75, 3.05) is 49.6 Å². The second-order valence-electron chi connectivity index (χ2n) is 9.91. The monoisotopic (exact) mass is 513 g/mol. The molecule has 2 heterocycles. The lowest BCUT2D eigenvalue weighted by atomic mass is 10.0. The normalized spacial score (nSPS) is 15.2. The Bertz CT molecular complexity index is 1260. The predicted molar refractivity (Wildman–Crippen MR) is 149 cm³/mol. The average molecular weight is 514 g/mol. The highest BCUT2D eigenvalue weighted by Gasteiger charge is 2.30. The van der Waals surface area contributed by atoms with Crippen molar-refractivity contribution in [1.82, 2.24) is 9.88 Å². The molecule has 1 aromatic heterocycles. The molecule has 0 bridgehead atoms. The first-order valence-electron chi connectivity index (χ1n) is 13.4. The van der Waals surface area contributed by atoms with Crippen molar-refractivity contribution in [1.29, 1.82) is 0 Å². The summed E-state index contributed by atoms with van der Waals surface area (Å²) < 4.78 is 5.53. The van der Waals surface area contributed by atoms with Gasteiger partial charge in [-0.3, -0.25) is 14.6 Å². The quantitative estimate of drug-likeness (QED) is 0.426. The maximum atomic E-state index is 13.2. The number of benzene rings is 2. The van der Waals surface area contributed by atoms with Gasteiger partial charge in [-0.2, -0.15) is 0 Å². The Kier molecular flexibility index (Phi) is 8.31. The van der Waals surface area contributed by atoms with Gasteiger partial charge in [0, 0.05) is 44.5 Å². The Hall–Kier alpha value is -3.75. The second-order valence-corrected chi connectivity index (χ2v) is 9.91. The van der Waals surface area contributed by atoms with E-state index in [4.69, 9.17) is 10.5 Å². The van der Waals surface area contributed by atoms with Gasteiger partial charge in [-0.05, 0) is 72.8 Å². The van der Waals surface area contributed by atoms with Crippen molar-refractivity contribution < 1.29 is 14.3 Å². The molecule has 8 heteroatoms. The number of morpholine rings is 1. The lowest BCUT2D eigenvalue weighted by molar-refractivity contribution is -0.117. The fraction of sp³-hybridized carbons (Fsp3) is 0.367. The molecule has 5 rings (SSSR count). The first kappa shape index (κ1) is 25.9. The van der Waals surface area contributed by atoms with E-state index in [2.05, 4.69) is 45.5 Å². The van der Waals surface area contributed by atoms with Gasteiger partial charge < -0.3 is 25.6 Å². The number of nitrogens with two attached hydrogens (primary N) is 1. The Morgan fingerprint density at radius 1 is 1.05 bits per heavy atom. The number of hydrogen-bond acceptors (Lipinski definition) is 6. The number of aromatic nitrogens is 1. The highest BCUT2D eigenvalue weighted by molar-refractivity contribution is 5.98. The van der Waals surface area contributed by atoms with Gasteiger partial charge in [-0.25, -0.2) is 0 Å². The van der Waals surface area contributed by atoms with E-state index < -0.39 is 0 Å². The van der Waals surface area contributed by atoms with Gasteiger partial charge in [0.25, 0.3) is 5.91 Å². The van der Waals surface area contributed by atoms with Gasteiger partial charge in [-0.1, -0.05) is 24.3 Å². The number of carbonyl (C=O) groups is 2. The van der Waals surface area contributed by atoms with Gasteiger partial charge in [-0.15, -0.1) is 0 Å². The maximum Gasteiger partial charge on any atom is 0.255 e. The minimum atomic E-state index is -0.0584. The van der Waals surface area contributed by atoms with E-state index in [1.807, 2.05) is 17.0 Å². The van der Waals surface area contributed by atoms with E-state index in [0.29, 0.717) is 38.4 Å². The van der Waals surface area contributed by atoms with E-state index in [9.17, 15) is 9.59 Å². The molecule has 3 aromatic rings. The third kappa shape index (κ3) is 6.38. The number of rotatable bonds is 10. The largest absolute Gasteiger partial charge is 0.378 e. The summed E-state index contributed by atoms with van der Waals surface area (Å²) in [4.78, 5) is 34.1. The molecule has 2 aromatic carbocycles. The molecule has 1 saturated carbocycles. The molecule has 2 aliphatic rings. The molecule has 3 N–H and O–H groups in total. The summed E-state index contributed by atoms with van der Waals surface area (Å²) in [5.74, 6) is 0.156. The minimum absolute atomic E-state index is 0.0584. The topological polar surface area (TPSA) is 101 Å². The molecule has 0 atom stereocenters. The lowest BCUT2D eigenvalue weighted by Gasteiger charge is -2.31. The molecule has 0 spiro atoms. The van der Waals surface area contributed by atoms with Crippen LogP contribution in [0.1, 0.15) is 35.2 Å². The standard InChI is InChI=1S/C30H35N5O3/c31-11-3-13-35(30(37)26-6-2-12-32-20-26)21-22-4-1-5-24(18-22)25-9-10-28(34-14-16-38-17-15-34)27(19-25)33-29(36)23-7-8-23/h1-2,4-6,9-10,12,18-20,23H,3,7-8,11,13-17,21,31H2,(H,33,36). The van der Waals surface area contributed by atoms with E-state index >= 15 is 0 Å². The fourth-order valence-corrected chi connectivity index (χ4v) is 4.75. The van der Waals surface area contributed by atoms with Crippen LogP contribution in [0.4, 0.5) is 11.4 Å². The van der Waals surface area contributed by atoms with Crippen molar-refractivity contribution in [3.63, 3.8) is 0 Å². The summed E-state index contributed by atoms with van der Waals surface area (Å²) in [6.07, 6.45) is 5.90. The van der Waals surface area contributed by atoms with Crippen LogP contribution >= 0.6 is 0 Å². The first-order chi connectivity index (χ1) is 18.6. The fourth-order valence-electron chi connectivity index (χ4n) is 4.75. The van der Waals surface area contributed by atoms with Gasteiger partial charge in [0.1, 0.15) is 0 Å². The van der Waals surface area contributed by atoms with Crippen LogP contribution in [0.2, 0.25) is 0 Å². The summed E-state index contributed by atoms with van der Waals surface area (Å²) in [7, 11) is 0. The van der Waals surface area contributed by atoms with Crippen LogP contribution in [0, 0.1) is 5.92 Å². The van der Waals surface area contributed by atoms with E-state index in [1.165, 1.54) is 0 Å². The number of nitrogens with one attached hydrogen (secondary N) is 1. The Labute approximate surface area is 223 Å². The summed E-state index contributed by atoms with van der Waals surface area (Å²) in [5, 5.41) is 3.19. The molecule has 2 amide bonds. The third-order valence-corrected chi connectivity index (χ3v) is 7.02. The van der Waals surface area contributed by atoms with Crippen molar-refractivity contribution >= 4 is 23.2 Å². The van der Waals surface area contributed by atoms with Crippen molar-refractivity contribution in [3.05, 3.63) is 78.1 Å². The number of carbonyl (C=O) groups excluding carboxylic acids is 2. The number of anilines is 2. The average Bonchev–Trinajstić information content (AvgIpc) is 3.82. The molecule has 2 fully saturated rings. The van der Waals surface area contributed by atoms with Gasteiger partial charge in [0.05, 0.1) is 30.2 Å². The van der Waals surface area contributed by atoms with E-state index in [0.717, 1.165) is 60.4 Å². The lowest BCUT2D eigenvalue weighted by Crippen LogP contribution is -2.36. The molecule has 38 heavy (non-hydrogen) atoms. The van der Waals surface area contributed by atoms with Gasteiger partial charge >= 0.3 is 0 Å². The molecule has 1 saturated heterocycles.